The van der Waals surface area contributed by atoms with E-state index in [-0.39, 0.29) is 31.0 Å². The van der Waals surface area contributed by atoms with Crippen LogP contribution in [0.25, 0.3) is 0 Å². The largest absolute Gasteiger partial charge is 0.396 e. The third-order valence-corrected chi connectivity index (χ3v) is 8.24. The van der Waals surface area contributed by atoms with Crippen molar-refractivity contribution in [3.05, 3.63) is 48.0 Å². The molecule has 1 aromatic rings. The average Bonchev–Trinajstić information content (AvgIpc) is 3.44. The monoisotopic (exact) mass is 573 g/mol. The average molecular weight is 574 g/mol. The minimum absolute atomic E-state index is 0.0233. The van der Waals surface area contributed by atoms with Crippen molar-refractivity contribution in [3.63, 3.8) is 0 Å². The van der Waals surface area contributed by atoms with Gasteiger partial charge in [-0.25, -0.2) is 0 Å². The van der Waals surface area contributed by atoms with Gasteiger partial charge in [0.05, 0.1) is 6.61 Å². The summed E-state index contributed by atoms with van der Waals surface area (Å²) in [4.78, 5) is 0. The number of rotatable bonds is 23. The predicted octanol–water partition coefficient (Wildman–Crippen LogP) is 7.83. The van der Waals surface area contributed by atoms with Crippen LogP contribution >= 0.6 is 0 Å². The summed E-state index contributed by atoms with van der Waals surface area (Å²) in [5.41, 5.74) is 1.11. The van der Waals surface area contributed by atoms with Gasteiger partial charge in [0.2, 0.25) is 0 Å². The second-order valence-electron chi connectivity index (χ2n) is 12.3. The molecule has 3 rings (SSSR count). The lowest BCUT2D eigenvalue weighted by Crippen LogP contribution is -2.49. The maximum Gasteiger partial charge on any atom is 0.190 e. The summed E-state index contributed by atoms with van der Waals surface area (Å²) in [7, 11) is 0. The van der Waals surface area contributed by atoms with E-state index >= 15 is 0 Å². The van der Waals surface area contributed by atoms with Gasteiger partial charge < -0.3 is 29.4 Å². The molecule has 0 aromatic heterocycles. The molecule has 2 N–H and O–H groups in total. The number of aliphatic hydroxyl groups is 1. The fourth-order valence-electron chi connectivity index (χ4n) is 5.97. The molecule has 5 atom stereocenters. The van der Waals surface area contributed by atoms with Crippen molar-refractivity contribution in [1.29, 1.82) is 0 Å². The highest BCUT2D eigenvalue weighted by Crippen LogP contribution is 2.40. The Bertz CT molecular complexity index is 816. The predicted molar refractivity (Wildman–Crippen MR) is 167 cm³/mol. The number of benzene rings is 1. The van der Waals surface area contributed by atoms with Crippen molar-refractivity contribution >= 4 is 0 Å². The number of hydrogen-bond donors (Lipinski definition) is 2. The van der Waals surface area contributed by atoms with E-state index in [0.29, 0.717) is 13.0 Å². The Hall–Kier alpha value is -1.28. The number of hydrogen-bond acceptors (Lipinski definition) is 6. The number of ether oxygens (including phenoxy) is 4. The highest BCUT2D eigenvalue weighted by atomic mass is 16.8. The zero-order chi connectivity index (χ0) is 29.2. The molecule has 0 unspecified atom stereocenters. The molecule has 6 nitrogen and oxygen atoms in total. The van der Waals surface area contributed by atoms with Crippen LogP contribution in [0.15, 0.2) is 42.5 Å². The molecule has 0 radical (unpaired) electrons. The van der Waals surface area contributed by atoms with Crippen molar-refractivity contribution in [2.75, 3.05) is 13.2 Å². The van der Waals surface area contributed by atoms with Crippen LogP contribution in [0.5, 0.6) is 0 Å². The molecule has 0 aliphatic carbocycles. The quantitative estimate of drug-likeness (QED) is 0.103. The minimum atomic E-state index is -0.696. The minimum Gasteiger partial charge on any atom is -0.396 e. The lowest BCUT2D eigenvalue weighted by molar-refractivity contribution is -0.222. The van der Waals surface area contributed by atoms with Gasteiger partial charge in [0.1, 0.15) is 18.3 Å². The smallest absolute Gasteiger partial charge is 0.190 e. The van der Waals surface area contributed by atoms with Crippen LogP contribution in [0.4, 0.5) is 0 Å². The Morgan fingerprint density at radius 3 is 2.17 bits per heavy atom. The summed E-state index contributed by atoms with van der Waals surface area (Å²) in [6.07, 6.45) is 22.4. The first-order chi connectivity index (χ1) is 20.0. The molecule has 6 heteroatoms. The Labute approximate surface area is 250 Å². The Morgan fingerprint density at radius 1 is 0.878 bits per heavy atom. The van der Waals surface area contributed by atoms with Crippen LogP contribution in [0.2, 0.25) is 0 Å². The third kappa shape index (κ3) is 12.9. The third-order valence-electron chi connectivity index (χ3n) is 8.24. The lowest BCUT2D eigenvalue weighted by atomic mass is 10.00. The summed E-state index contributed by atoms with van der Waals surface area (Å²) in [5, 5.41) is 13.5. The van der Waals surface area contributed by atoms with Crippen molar-refractivity contribution in [3.8, 4) is 0 Å². The molecule has 0 spiro atoms. The Kier molecular flexibility index (Phi) is 16.5. The number of unbranched alkanes of at least 4 members (excludes halogenated alkanes) is 12. The summed E-state index contributed by atoms with van der Waals surface area (Å²) >= 11 is 0. The molecule has 2 fully saturated rings. The molecule has 0 saturated carbocycles. The fourth-order valence-corrected chi connectivity index (χ4v) is 5.97. The molecule has 1 aromatic carbocycles. The number of nitrogens with one attached hydrogen (secondary N) is 1. The van der Waals surface area contributed by atoms with Gasteiger partial charge in [0.15, 0.2) is 12.1 Å². The van der Waals surface area contributed by atoms with E-state index in [1.807, 2.05) is 32.0 Å². The van der Waals surface area contributed by atoms with Crippen LogP contribution in [-0.4, -0.2) is 54.7 Å². The van der Waals surface area contributed by atoms with Crippen LogP contribution in [0.1, 0.15) is 123 Å². The van der Waals surface area contributed by atoms with E-state index < -0.39 is 12.1 Å². The van der Waals surface area contributed by atoms with Gasteiger partial charge in [0.25, 0.3) is 0 Å². The Balaban J connectivity index is 1.30. The molecular formula is C35H59NO5. The molecule has 2 aliphatic rings. The van der Waals surface area contributed by atoms with E-state index in [4.69, 9.17) is 18.9 Å². The van der Waals surface area contributed by atoms with Gasteiger partial charge in [-0.3, -0.25) is 0 Å². The second-order valence-corrected chi connectivity index (χ2v) is 12.3. The van der Waals surface area contributed by atoms with Crippen molar-refractivity contribution in [2.24, 2.45) is 0 Å². The number of allylic oxidation sites excluding steroid dienone is 2. The first-order valence-corrected chi connectivity index (χ1v) is 16.7. The van der Waals surface area contributed by atoms with Gasteiger partial charge in [-0.05, 0) is 64.5 Å². The summed E-state index contributed by atoms with van der Waals surface area (Å²) in [6.45, 7) is 7.58. The molecule has 2 heterocycles. The maximum atomic E-state index is 9.82. The fraction of sp³-hybridized carbons (Fsp3) is 0.771. The zero-order valence-corrected chi connectivity index (χ0v) is 26.2. The molecule has 0 amide bonds. The summed E-state index contributed by atoms with van der Waals surface area (Å²) < 4.78 is 25.0. The molecule has 234 valence electrons. The summed E-state index contributed by atoms with van der Waals surface area (Å²) in [6, 6.07) is 10.2. The van der Waals surface area contributed by atoms with Gasteiger partial charge in [-0.15, -0.1) is 0 Å². The van der Waals surface area contributed by atoms with Crippen molar-refractivity contribution in [2.45, 2.75) is 160 Å². The topological polar surface area (TPSA) is 69.2 Å². The number of fused-ring (bicyclic) bond motifs is 1. The van der Waals surface area contributed by atoms with Gasteiger partial charge in [-0.2, -0.15) is 0 Å². The SMILES string of the molecule is CCCCCCCC/C=C\CCCCCCCCN[C@@H](CCO)[C@H]1O[C@@H]2OC(C)(C)O[C@@H]2[C@H]1OCc1ccccc1. The van der Waals surface area contributed by atoms with Crippen LogP contribution in [-0.2, 0) is 25.6 Å². The van der Waals surface area contributed by atoms with Gasteiger partial charge in [0, 0.05) is 12.6 Å². The number of aliphatic hydroxyl groups excluding tert-OH is 1. The molecule has 41 heavy (non-hydrogen) atoms. The van der Waals surface area contributed by atoms with Gasteiger partial charge in [-0.1, -0.05) is 107 Å². The first kappa shape index (κ1) is 34.2. The molecular weight excluding hydrogens is 514 g/mol. The van der Waals surface area contributed by atoms with Crippen LogP contribution < -0.4 is 5.32 Å². The highest BCUT2D eigenvalue weighted by molar-refractivity contribution is 5.13. The van der Waals surface area contributed by atoms with Crippen molar-refractivity contribution < 1.29 is 24.1 Å². The van der Waals surface area contributed by atoms with E-state index in [2.05, 4.69) is 36.5 Å². The normalized spacial score (nSPS) is 24.3. The lowest BCUT2D eigenvalue weighted by Gasteiger charge is -2.31. The van der Waals surface area contributed by atoms with E-state index in [1.165, 1.54) is 83.5 Å². The van der Waals surface area contributed by atoms with E-state index in [0.717, 1.165) is 18.5 Å². The van der Waals surface area contributed by atoms with Crippen molar-refractivity contribution in [1.82, 2.24) is 5.32 Å². The molecule has 2 saturated heterocycles. The van der Waals surface area contributed by atoms with E-state index in [1.54, 1.807) is 0 Å². The van der Waals surface area contributed by atoms with Gasteiger partial charge >= 0.3 is 0 Å². The molecule has 0 bridgehead atoms. The summed E-state index contributed by atoms with van der Waals surface area (Å²) in [5.74, 6) is -0.696. The first-order valence-electron chi connectivity index (χ1n) is 16.7. The maximum absolute atomic E-state index is 9.82. The molecule has 2 aliphatic heterocycles. The zero-order valence-electron chi connectivity index (χ0n) is 26.2. The van der Waals surface area contributed by atoms with Crippen LogP contribution in [0, 0.1) is 0 Å². The van der Waals surface area contributed by atoms with E-state index in [9.17, 15) is 5.11 Å². The highest BCUT2D eigenvalue weighted by Gasteiger charge is 2.56. The standard InChI is InChI=1S/C35H59NO5/c1-4-5-6-7-8-9-10-11-12-13-14-15-16-17-18-22-26-36-30(25-27-37)31-32(38-28-29-23-20-19-21-24-29)33-34(39-31)41-35(2,3)40-33/h11-12,19-21,23-24,30-34,36-37H,4-10,13-18,22,25-28H2,1-3H3/b12-11-/t30-,31+,32-,33+,34+/m0/s1. The van der Waals surface area contributed by atoms with Crippen LogP contribution in [0.3, 0.4) is 0 Å². The second kappa shape index (κ2) is 19.8. The Morgan fingerprint density at radius 2 is 1.51 bits per heavy atom.